The quantitative estimate of drug-likeness (QED) is 0.0706. The molecule has 0 aromatic heterocycles. The predicted octanol–water partition coefficient (Wildman–Crippen LogP) is 20.0. The van der Waals surface area contributed by atoms with E-state index in [0.717, 1.165) is 25.2 Å². The van der Waals surface area contributed by atoms with Crippen molar-refractivity contribution in [3.8, 4) is 22.3 Å². The maximum Gasteiger partial charge on any atom is 2.00 e. The van der Waals surface area contributed by atoms with Gasteiger partial charge >= 0.3 is 20.4 Å². The van der Waals surface area contributed by atoms with Crippen molar-refractivity contribution in [2.75, 3.05) is 23.3 Å². The molecule has 2 fully saturated rings. The Morgan fingerprint density at radius 3 is 0.911 bits per heavy atom. The molecule has 4 aromatic carbocycles. The second kappa shape index (κ2) is 25.4. The predicted molar refractivity (Wildman–Crippen MR) is 338 cm³/mol. The minimum absolute atomic E-state index is 0. The Labute approximate surface area is 500 Å². The normalized spacial score (nSPS) is 22.6. The third kappa shape index (κ3) is 14.5. The molecule has 6 atom stereocenters. The monoisotopic (exact) mass is 1250 g/mol. The van der Waals surface area contributed by atoms with Crippen LogP contribution < -0.4 is 0 Å². The molecule has 0 N–H and O–H groups in total. The molecule has 0 saturated carbocycles. The summed E-state index contributed by atoms with van der Waals surface area (Å²) >= 11 is 0. The van der Waals surface area contributed by atoms with Gasteiger partial charge in [-0.2, -0.15) is 0 Å². The Morgan fingerprint density at radius 1 is 0.456 bits per heavy atom. The van der Waals surface area contributed by atoms with Crippen LogP contribution in [-0.4, -0.2) is 49.3 Å². The van der Waals surface area contributed by atoms with Crippen LogP contribution in [0.4, 0.5) is 0 Å². The van der Waals surface area contributed by atoms with Gasteiger partial charge in [0.2, 0.25) is 0 Å². The topological polar surface area (TPSA) is 114 Å². The van der Waals surface area contributed by atoms with Crippen LogP contribution in [0.1, 0.15) is 259 Å². The molecule has 2 aliphatic rings. The van der Waals surface area contributed by atoms with E-state index in [1.54, 1.807) is 0 Å². The molecule has 0 radical (unpaired) electrons. The summed E-state index contributed by atoms with van der Waals surface area (Å²) in [6.07, 6.45) is 3.50. The minimum atomic E-state index is -4.37. The zero-order valence-electron chi connectivity index (χ0n) is 53.3. The third-order valence-corrected chi connectivity index (χ3v) is 28.9. The largest absolute Gasteiger partial charge is 2.00 e. The van der Waals surface area contributed by atoms with Crippen LogP contribution in [-0.2, 0) is 51.0 Å². The molecular formula is C68H104O6P2PdS2. The number of hydrogen-bond donors (Lipinski definition) is 0. The van der Waals surface area contributed by atoms with E-state index in [1.807, 2.05) is 0 Å². The van der Waals surface area contributed by atoms with Gasteiger partial charge in [-0.25, -0.2) is 16.8 Å². The summed E-state index contributed by atoms with van der Waals surface area (Å²) in [5.41, 5.74) is 14.6. The van der Waals surface area contributed by atoms with E-state index in [9.17, 15) is 25.9 Å². The van der Waals surface area contributed by atoms with Crippen LogP contribution in [0.15, 0.2) is 72.8 Å². The van der Waals surface area contributed by atoms with E-state index in [0.29, 0.717) is 35.5 Å². The van der Waals surface area contributed by atoms with Gasteiger partial charge in [0, 0.05) is 10.3 Å². The van der Waals surface area contributed by atoms with Gasteiger partial charge in [-0.1, -0.05) is 255 Å². The van der Waals surface area contributed by atoms with Crippen molar-refractivity contribution in [2.24, 2.45) is 33.5 Å². The van der Waals surface area contributed by atoms with E-state index in [-0.39, 0.29) is 64.9 Å². The van der Waals surface area contributed by atoms with E-state index >= 15 is 0 Å². The Morgan fingerprint density at radius 2 is 0.709 bits per heavy atom. The molecule has 6 unspecified atom stereocenters. The smallest absolute Gasteiger partial charge is 0.748 e. The van der Waals surface area contributed by atoms with E-state index in [4.69, 9.17) is 0 Å². The molecule has 79 heavy (non-hydrogen) atoms. The van der Waals surface area contributed by atoms with Crippen molar-refractivity contribution in [3.63, 3.8) is 0 Å². The maximum atomic E-state index is 12.4. The molecule has 4 aromatic rings. The molecule has 11 heteroatoms. The molecule has 0 aliphatic carbocycles. The molecule has 6 rings (SSSR count). The van der Waals surface area contributed by atoms with Crippen LogP contribution in [0, 0.1) is 33.5 Å². The Kier molecular flexibility index (Phi) is 22.4. The first kappa shape index (κ1) is 69.7. The first-order valence-electron chi connectivity index (χ1n) is 29.4. The standard InChI is InChI=1S/2C34H53O3PS.Pd/c2*1-22(2)25-19-27(23(3)4)31(28(20-25)24(5)6)26-15-13-14-16-29(26)34(33(10,11)12)30(32(7,8)9)17-18-38(34)21-39(35,36)37;/h2*13-16,19-20,22-24,30H,17-18,21H2,1-12H3,(H,35,36,37);/q;;+2/p-2. The van der Waals surface area contributed by atoms with Gasteiger partial charge in [0.05, 0.1) is 31.2 Å². The molecule has 2 heterocycles. The summed E-state index contributed by atoms with van der Waals surface area (Å²) < 4.78 is 74.4. The number of hydrogen-bond acceptors (Lipinski definition) is 6. The summed E-state index contributed by atoms with van der Waals surface area (Å²) in [6, 6.07) is 27.2. The molecule has 6 nitrogen and oxygen atoms in total. The SMILES string of the molecule is CC(C)c1cc(C(C)C)c(-c2ccccc2C2(C(C)(C)C)C(C(C)(C)C)CCP2CS(=O)(=O)[O-])c(C(C)C)c1.CC(C)c1cc(C(C)C)c(-c2ccccc2C2(C(C)(C)C)C(C(C)(C)C)CCP2CS(=O)(=O)[O-])c(C(C)C)c1.[Pd+2]. The molecule has 0 amide bonds. The molecule has 2 saturated heterocycles. The summed E-state index contributed by atoms with van der Waals surface area (Å²) in [5.74, 6) is 2.69. The first-order chi connectivity index (χ1) is 35.5. The van der Waals surface area contributed by atoms with E-state index in [1.165, 1.54) is 66.8 Å². The van der Waals surface area contributed by atoms with Crippen LogP contribution in [0.25, 0.3) is 22.3 Å². The fourth-order valence-electron chi connectivity index (χ4n) is 14.7. The van der Waals surface area contributed by atoms with Crippen molar-refractivity contribution in [3.05, 3.63) is 117 Å². The van der Waals surface area contributed by atoms with E-state index in [2.05, 4.69) is 239 Å². The first-order valence-corrected chi connectivity index (χ1v) is 36.0. The summed E-state index contributed by atoms with van der Waals surface area (Å²) in [4.78, 5) is 0. The fraction of sp³-hybridized carbons (Fsp3) is 0.647. The second-order valence-corrected chi connectivity index (χ2v) is 38.3. The maximum absolute atomic E-state index is 12.4. The molecular weight excluding hydrogens is 1150 g/mol. The van der Waals surface area contributed by atoms with Crippen LogP contribution >= 0.6 is 15.8 Å². The van der Waals surface area contributed by atoms with Crippen LogP contribution in [0.3, 0.4) is 0 Å². The average Bonchev–Trinajstić information content (AvgIpc) is 3.87. The van der Waals surface area contributed by atoms with Gasteiger partial charge in [0.15, 0.2) is 0 Å². The summed E-state index contributed by atoms with van der Waals surface area (Å²) in [5, 5.41) is -0.845. The summed E-state index contributed by atoms with van der Waals surface area (Å²) in [7, 11) is -11.0. The molecule has 2 aliphatic heterocycles. The third-order valence-electron chi connectivity index (χ3n) is 17.9. The molecule has 444 valence electrons. The van der Waals surface area contributed by atoms with Crippen LogP contribution in [0.2, 0.25) is 0 Å². The van der Waals surface area contributed by atoms with Gasteiger partial charge in [-0.3, -0.25) is 0 Å². The second-order valence-electron chi connectivity index (χ2n) is 29.5. The number of rotatable bonds is 14. The van der Waals surface area contributed by atoms with Gasteiger partial charge < -0.3 is 9.11 Å². The number of benzene rings is 4. The Hall–Kier alpha value is -1.78. The molecule has 0 bridgehead atoms. The summed E-state index contributed by atoms with van der Waals surface area (Å²) in [6.45, 7) is 54.7. The van der Waals surface area contributed by atoms with Gasteiger partial charge in [0.1, 0.15) is 0 Å². The average molecular weight is 1250 g/mol. The van der Waals surface area contributed by atoms with Crippen molar-refractivity contribution < 1.29 is 46.4 Å². The van der Waals surface area contributed by atoms with E-state index < -0.39 is 46.4 Å². The van der Waals surface area contributed by atoms with Crippen molar-refractivity contribution >= 4 is 36.1 Å². The van der Waals surface area contributed by atoms with Crippen LogP contribution in [0.5, 0.6) is 0 Å². The molecule has 0 spiro atoms. The fourth-order valence-corrected chi connectivity index (χ4v) is 27.2. The zero-order valence-corrected chi connectivity index (χ0v) is 58.2. The zero-order chi connectivity index (χ0) is 59.4. The minimum Gasteiger partial charge on any atom is -0.748 e. The van der Waals surface area contributed by atoms with Crippen molar-refractivity contribution in [1.29, 1.82) is 0 Å². The Balaban J connectivity index is 0.000000336. The van der Waals surface area contributed by atoms with Crippen molar-refractivity contribution in [1.82, 2.24) is 0 Å². The van der Waals surface area contributed by atoms with Gasteiger partial charge in [-0.05, 0) is 161 Å². The Bertz CT molecular complexity index is 2710. The van der Waals surface area contributed by atoms with Crippen molar-refractivity contribution in [2.45, 2.75) is 225 Å². The van der Waals surface area contributed by atoms with Gasteiger partial charge in [-0.15, -0.1) is 0 Å². The van der Waals surface area contributed by atoms with Gasteiger partial charge in [0.25, 0.3) is 0 Å².